The zero-order chi connectivity index (χ0) is 25.3. The van der Waals surface area contributed by atoms with Crippen molar-refractivity contribution in [1.29, 1.82) is 0 Å². The number of cyclic esters (lactones) is 1. The van der Waals surface area contributed by atoms with E-state index in [4.69, 9.17) is 14.2 Å². The second-order valence-electron chi connectivity index (χ2n) is 9.59. The van der Waals surface area contributed by atoms with Gasteiger partial charge in [-0.25, -0.2) is 0 Å². The summed E-state index contributed by atoms with van der Waals surface area (Å²) in [7, 11) is 1.58. The van der Waals surface area contributed by atoms with Crippen LogP contribution >= 0.6 is 0 Å². The predicted molar refractivity (Wildman–Crippen MR) is 130 cm³/mol. The second-order valence-corrected chi connectivity index (χ2v) is 9.59. The summed E-state index contributed by atoms with van der Waals surface area (Å²) in [5.74, 6) is -2.15. The number of nitrogens with zero attached hydrogens (tertiary/aromatic N) is 2. The van der Waals surface area contributed by atoms with Gasteiger partial charge in [0.1, 0.15) is 23.3 Å². The number of hydrogen-bond acceptors (Lipinski definition) is 7. The Bertz CT molecular complexity index is 1070. The van der Waals surface area contributed by atoms with Crippen LogP contribution in [0.3, 0.4) is 0 Å². The molecule has 4 heterocycles. The maximum Gasteiger partial charge on any atom is 0.312 e. The van der Waals surface area contributed by atoms with Gasteiger partial charge in [0.05, 0.1) is 25.7 Å². The summed E-state index contributed by atoms with van der Waals surface area (Å²) in [4.78, 5) is 44.4. The number of amides is 2. The van der Waals surface area contributed by atoms with E-state index in [1.807, 2.05) is 18.2 Å². The molecule has 9 heteroatoms. The quantitative estimate of drug-likeness (QED) is 0.490. The summed E-state index contributed by atoms with van der Waals surface area (Å²) in [6.07, 6.45) is 9.57. The number of allylic oxidation sites excluding steroid dienone is 1. The van der Waals surface area contributed by atoms with Gasteiger partial charge in [-0.3, -0.25) is 14.4 Å². The first kappa shape index (κ1) is 24.5. The maximum atomic E-state index is 14.2. The fourth-order valence-electron chi connectivity index (χ4n) is 5.89. The third-order valence-corrected chi connectivity index (χ3v) is 7.54. The van der Waals surface area contributed by atoms with Crippen molar-refractivity contribution < 1.29 is 33.7 Å². The number of aliphatic hydroxyl groups is 1. The van der Waals surface area contributed by atoms with Crippen molar-refractivity contribution in [3.63, 3.8) is 0 Å². The SMILES string of the molecule is COc1ccc(N2CC=C[C@]34O[C@H]5/C=C\CCCCOC(=O)[C@H]5[C@H]3C(=O)N(CCCO)C4C2=O)cc1. The van der Waals surface area contributed by atoms with Crippen LogP contribution in [0.25, 0.3) is 0 Å². The standard InChI is InChI=1S/C27H32N2O7/c1-34-19-11-9-18(10-12-19)28-14-6-13-27-22(24(31)29(15-7-16-30)23(27)25(28)32)21-20(36-27)8-4-2-3-5-17-35-26(21)33/h4,6,8-13,20-23,30H,2-3,5,7,14-17H2,1H3/b8-4-/t20-,21+,22-,23?,27-/m0/s1. The number of benzene rings is 1. The number of aliphatic hydroxyl groups excluding tert-OH is 1. The van der Waals surface area contributed by atoms with E-state index < -0.39 is 35.6 Å². The van der Waals surface area contributed by atoms with Crippen molar-refractivity contribution in [1.82, 2.24) is 4.90 Å². The third kappa shape index (κ3) is 4.00. The highest BCUT2D eigenvalue weighted by Gasteiger charge is 2.71. The number of ether oxygens (including phenoxy) is 3. The number of methoxy groups -OCH3 is 1. The lowest BCUT2D eigenvalue weighted by Gasteiger charge is -2.35. The molecule has 4 aliphatic heterocycles. The van der Waals surface area contributed by atoms with Crippen molar-refractivity contribution in [2.24, 2.45) is 11.8 Å². The molecule has 5 atom stereocenters. The van der Waals surface area contributed by atoms with Crippen LogP contribution < -0.4 is 9.64 Å². The van der Waals surface area contributed by atoms with Crippen molar-refractivity contribution in [3.05, 3.63) is 48.6 Å². The highest BCUT2D eigenvalue weighted by atomic mass is 16.6. The molecule has 1 aromatic rings. The van der Waals surface area contributed by atoms with Gasteiger partial charge in [-0.05, 0) is 49.9 Å². The lowest BCUT2D eigenvalue weighted by molar-refractivity contribution is -0.154. The Kier molecular flexibility index (Phi) is 6.85. The fourth-order valence-corrected chi connectivity index (χ4v) is 5.89. The van der Waals surface area contributed by atoms with Gasteiger partial charge in [-0.15, -0.1) is 0 Å². The Balaban J connectivity index is 1.57. The summed E-state index contributed by atoms with van der Waals surface area (Å²) in [5.41, 5.74) is -0.644. The van der Waals surface area contributed by atoms with Crippen molar-refractivity contribution >= 4 is 23.5 Å². The van der Waals surface area contributed by atoms with E-state index in [2.05, 4.69) is 0 Å². The zero-order valence-corrected chi connectivity index (χ0v) is 20.4. The van der Waals surface area contributed by atoms with E-state index in [0.717, 1.165) is 19.3 Å². The van der Waals surface area contributed by atoms with E-state index in [1.165, 1.54) is 4.90 Å². The average Bonchev–Trinajstić information content (AvgIpc) is 3.27. The van der Waals surface area contributed by atoms with Crippen LogP contribution in [0.5, 0.6) is 5.75 Å². The first-order valence-electron chi connectivity index (χ1n) is 12.6. The minimum Gasteiger partial charge on any atom is -0.497 e. The Morgan fingerprint density at radius 1 is 1.11 bits per heavy atom. The van der Waals surface area contributed by atoms with Crippen molar-refractivity contribution in [2.45, 2.75) is 43.4 Å². The van der Waals surface area contributed by atoms with Crippen LogP contribution in [-0.4, -0.2) is 79.0 Å². The molecule has 2 fully saturated rings. The van der Waals surface area contributed by atoms with Gasteiger partial charge in [0.15, 0.2) is 0 Å². The molecule has 1 spiro atoms. The zero-order valence-electron chi connectivity index (χ0n) is 20.4. The largest absolute Gasteiger partial charge is 0.497 e. The van der Waals surface area contributed by atoms with Crippen LogP contribution in [0.4, 0.5) is 5.69 Å². The van der Waals surface area contributed by atoms with Crippen molar-refractivity contribution in [3.8, 4) is 5.75 Å². The molecule has 5 rings (SSSR count). The first-order valence-corrected chi connectivity index (χ1v) is 12.6. The maximum absolute atomic E-state index is 14.2. The summed E-state index contributed by atoms with van der Waals surface area (Å²) in [5, 5.41) is 9.49. The molecule has 4 aliphatic rings. The molecule has 0 radical (unpaired) electrons. The molecule has 1 aromatic carbocycles. The summed E-state index contributed by atoms with van der Waals surface area (Å²) in [6, 6.07) is 6.18. The second kappa shape index (κ2) is 10.1. The summed E-state index contributed by atoms with van der Waals surface area (Å²) < 4.78 is 17.4. The van der Waals surface area contributed by atoms with E-state index in [-0.39, 0.29) is 31.5 Å². The number of hydrogen-bond donors (Lipinski definition) is 1. The molecule has 36 heavy (non-hydrogen) atoms. The minimum absolute atomic E-state index is 0.127. The molecule has 0 bridgehead atoms. The molecule has 1 N–H and O–H groups in total. The van der Waals surface area contributed by atoms with E-state index in [9.17, 15) is 19.5 Å². The molecule has 2 saturated heterocycles. The number of carbonyl (C=O) groups is 3. The number of rotatable bonds is 5. The molecule has 9 nitrogen and oxygen atoms in total. The van der Waals surface area contributed by atoms with Crippen molar-refractivity contribution in [2.75, 3.05) is 38.3 Å². The van der Waals surface area contributed by atoms with Gasteiger partial charge in [0.25, 0.3) is 5.91 Å². The molecular weight excluding hydrogens is 464 g/mol. The highest BCUT2D eigenvalue weighted by molar-refractivity contribution is 6.05. The average molecular weight is 497 g/mol. The predicted octanol–water partition coefficient (Wildman–Crippen LogP) is 1.84. The Labute approximate surface area is 210 Å². The Morgan fingerprint density at radius 3 is 2.67 bits per heavy atom. The van der Waals surface area contributed by atoms with Gasteiger partial charge < -0.3 is 29.1 Å². The summed E-state index contributed by atoms with van der Waals surface area (Å²) in [6.45, 7) is 0.636. The van der Waals surface area contributed by atoms with Crippen LogP contribution in [0, 0.1) is 11.8 Å². The Morgan fingerprint density at radius 2 is 1.92 bits per heavy atom. The number of anilines is 1. The van der Waals surface area contributed by atoms with Crippen LogP contribution in [0.1, 0.15) is 25.7 Å². The summed E-state index contributed by atoms with van der Waals surface area (Å²) >= 11 is 0. The normalized spacial score (nSPS) is 32.9. The lowest BCUT2D eigenvalue weighted by atomic mass is 9.78. The van der Waals surface area contributed by atoms with Crippen LogP contribution in [0.15, 0.2) is 48.6 Å². The molecular formula is C27H32N2O7. The lowest BCUT2D eigenvalue weighted by Crippen LogP contribution is -2.55. The van der Waals surface area contributed by atoms with E-state index in [1.54, 1.807) is 42.4 Å². The molecule has 192 valence electrons. The van der Waals surface area contributed by atoms with E-state index >= 15 is 0 Å². The molecule has 2 amide bonds. The monoisotopic (exact) mass is 496 g/mol. The number of carbonyl (C=O) groups excluding carboxylic acids is 3. The van der Waals surface area contributed by atoms with Crippen LogP contribution in [-0.2, 0) is 23.9 Å². The first-order chi connectivity index (χ1) is 17.5. The van der Waals surface area contributed by atoms with Gasteiger partial charge in [-0.1, -0.05) is 24.3 Å². The van der Waals surface area contributed by atoms with Gasteiger partial charge in [0, 0.05) is 25.4 Å². The Hall–Kier alpha value is -3.17. The topological polar surface area (TPSA) is 106 Å². The third-order valence-electron chi connectivity index (χ3n) is 7.54. The smallest absolute Gasteiger partial charge is 0.312 e. The minimum atomic E-state index is -1.31. The fraction of sp³-hybridized carbons (Fsp3) is 0.519. The van der Waals surface area contributed by atoms with E-state index in [0.29, 0.717) is 24.5 Å². The van der Waals surface area contributed by atoms with Gasteiger partial charge in [0.2, 0.25) is 5.91 Å². The number of likely N-dealkylation sites (tertiary alicyclic amines) is 1. The van der Waals surface area contributed by atoms with Gasteiger partial charge in [-0.2, -0.15) is 0 Å². The molecule has 0 saturated carbocycles. The molecule has 1 unspecified atom stereocenters. The molecule has 0 aromatic heterocycles. The van der Waals surface area contributed by atoms with Crippen LogP contribution in [0.2, 0.25) is 0 Å². The highest BCUT2D eigenvalue weighted by Crippen LogP contribution is 2.53. The van der Waals surface area contributed by atoms with Gasteiger partial charge >= 0.3 is 5.97 Å². The number of fused-ring (bicyclic) bond motifs is 2. The number of esters is 1. The molecule has 0 aliphatic carbocycles.